The second-order valence-corrected chi connectivity index (χ2v) is 7.49. The molecule has 0 unspecified atom stereocenters. The highest BCUT2D eigenvalue weighted by molar-refractivity contribution is 9.10. The number of carbonyl (C=O) groups excluding carboxylic acids is 1. The summed E-state index contributed by atoms with van der Waals surface area (Å²) in [6, 6.07) is 13.0. The number of benzene rings is 2. The molecule has 4 heteroatoms. The average molecular weight is 401 g/mol. The van der Waals surface area contributed by atoms with Gasteiger partial charge in [-0.3, -0.25) is 0 Å². The van der Waals surface area contributed by atoms with E-state index >= 15 is 0 Å². The van der Waals surface area contributed by atoms with Crippen molar-refractivity contribution in [2.75, 3.05) is 0 Å². The molecule has 25 heavy (non-hydrogen) atoms. The van der Waals surface area contributed by atoms with E-state index in [0.717, 1.165) is 21.2 Å². The van der Waals surface area contributed by atoms with Crippen LogP contribution in [0.5, 0.6) is 5.75 Å². The van der Waals surface area contributed by atoms with Gasteiger partial charge < -0.3 is 9.84 Å². The van der Waals surface area contributed by atoms with Crippen molar-refractivity contribution in [1.82, 2.24) is 0 Å². The Labute approximate surface area is 156 Å². The van der Waals surface area contributed by atoms with Crippen molar-refractivity contribution < 1.29 is 14.6 Å². The van der Waals surface area contributed by atoms with E-state index in [1.165, 1.54) is 6.08 Å². The van der Waals surface area contributed by atoms with Crippen LogP contribution in [0.4, 0.5) is 0 Å². The van der Waals surface area contributed by atoms with Crippen molar-refractivity contribution in [2.45, 2.75) is 26.4 Å². The Hall–Kier alpha value is -2.33. The van der Waals surface area contributed by atoms with Crippen LogP contribution in [-0.4, -0.2) is 16.7 Å². The lowest BCUT2D eigenvalue weighted by Crippen LogP contribution is -2.22. The Morgan fingerprint density at radius 3 is 2.32 bits per heavy atom. The van der Waals surface area contributed by atoms with E-state index in [1.54, 1.807) is 18.2 Å². The molecule has 0 radical (unpaired) electrons. The van der Waals surface area contributed by atoms with Crippen molar-refractivity contribution in [1.29, 1.82) is 0 Å². The summed E-state index contributed by atoms with van der Waals surface area (Å²) in [5.41, 5.74) is 2.05. The molecule has 1 N–H and O–H groups in total. The minimum absolute atomic E-state index is 0.235. The maximum absolute atomic E-state index is 11.8. The van der Waals surface area contributed by atoms with Gasteiger partial charge in [0.25, 0.3) is 0 Å². The first-order valence-electron chi connectivity index (χ1n) is 7.91. The van der Waals surface area contributed by atoms with Crippen molar-refractivity contribution in [3.05, 3.63) is 69.7 Å². The van der Waals surface area contributed by atoms with E-state index in [2.05, 4.69) is 15.9 Å². The molecule has 0 saturated heterocycles. The highest BCUT2D eigenvalue weighted by Crippen LogP contribution is 2.22. The van der Waals surface area contributed by atoms with Gasteiger partial charge in [0.05, 0.1) is 0 Å². The maximum Gasteiger partial charge on any atom is 0.331 e. The van der Waals surface area contributed by atoms with Gasteiger partial charge in [0.15, 0.2) is 0 Å². The number of aromatic hydroxyl groups is 1. The first-order valence-corrected chi connectivity index (χ1v) is 8.70. The van der Waals surface area contributed by atoms with Crippen molar-refractivity contribution in [3.8, 4) is 5.75 Å². The zero-order valence-electron chi connectivity index (χ0n) is 14.5. The zero-order valence-corrected chi connectivity index (χ0v) is 16.1. The van der Waals surface area contributed by atoms with E-state index in [1.807, 2.05) is 63.3 Å². The largest absolute Gasteiger partial charge is 0.507 e. The van der Waals surface area contributed by atoms with Crippen LogP contribution in [0.1, 0.15) is 37.5 Å². The third-order valence-electron chi connectivity index (χ3n) is 3.15. The quantitative estimate of drug-likeness (QED) is 0.407. The molecule has 0 aromatic heterocycles. The van der Waals surface area contributed by atoms with E-state index in [4.69, 9.17) is 4.74 Å². The number of hydrogen-bond donors (Lipinski definition) is 1. The fourth-order valence-electron chi connectivity index (χ4n) is 2.14. The molecule has 2 aromatic rings. The summed E-state index contributed by atoms with van der Waals surface area (Å²) in [5, 5.41) is 9.81. The zero-order chi connectivity index (χ0) is 18.4. The van der Waals surface area contributed by atoms with Crippen LogP contribution in [0.25, 0.3) is 18.2 Å². The highest BCUT2D eigenvalue weighted by atomic mass is 79.9. The lowest BCUT2D eigenvalue weighted by molar-refractivity contribution is -0.148. The molecule has 0 atom stereocenters. The van der Waals surface area contributed by atoms with Crippen molar-refractivity contribution in [2.24, 2.45) is 0 Å². The minimum atomic E-state index is -0.510. The van der Waals surface area contributed by atoms with Gasteiger partial charge in [-0.25, -0.2) is 4.79 Å². The number of phenolic OH excluding ortho intramolecular Hbond substituents is 1. The number of halogens is 1. The van der Waals surface area contributed by atoms with E-state index in [-0.39, 0.29) is 11.7 Å². The first kappa shape index (κ1) is 19.0. The Morgan fingerprint density at radius 1 is 1.04 bits per heavy atom. The Kier molecular flexibility index (Phi) is 6.21. The topological polar surface area (TPSA) is 46.5 Å². The number of esters is 1. The molecule has 0 fully saturated rings. The Balaban J connectivity index is 2.17. The van der Waals surface area contributed by atoms with Crippen LogP contribution < -0.4 is 0 Å². The number of rotatable bonds is 4. The third-order valence-corrected chi connectivity index (χ3v) is 3.61. The predicted octanol–water partition coefficient (Wildman–Crippen LogP) is 5.68. The van der Waals surface area contributed by atoms with Gasteiger partial charge in [0, 0.05) is 16.1 Å². The van der Waals surface area contributed by atoms with Crippen molar-refractivity contribution >= 4 is 40.1 Å². The Bertz CT molecular complexity index is 814. The summed E-state index contributed by atoms with van der Waals surface area (Å²) in [6.07, 6.45) is 6.89. The molecule has 0 amide bonds. The van der Waals surface area contributed by atoms with Gasteiger partial charge in [0.1, 0.15) is 11.4 Å². The summed E-state index contributed by atoms with van der Waals surface area (Å²) >= 11 is 3.48. The molecule has 0 saturated carbocycles. The van der Waals surface area contributed by atoms with Gasteiger partial charge in [-0.2, -0.15) is 0 Å². The molecule has 0 spiro atoms. The highest BCUT2D eigenvalue weighted by Gasteiger charge is 2.13. The standard InChI is InChI=1S/C21H21BrO3/c1-21(2,3)25-20(24)11-9-16-12-15(13-18(22)14-16)8-10-17-6-4-5-7-19(17)23/h4-14,23H,1-3H3/b10-8+,11-9+. The van der Waals surface area contributed by atoms with Crippen LogP contribution in [0, 0.1) is 0 Å². The Morgan fingerprint density at radius 2 is 1.68 bits per heavy atom. The molecule has 130 valence electrons. The minimum Gasteiger partial charge on any atom is -0.507 e. The second-order valence-electron chi connectivity index (χ2n) is 6.58. The third kappa shape index (κ3) is 6.59. The molecular formula is C21H21BrO3. The van der Waals surface area contributed by atoms with Gasteiger partial charge in [-0.1, -0.05) is 46.3 Å². The predicted molar refractivity (Wildman–Crippen MR) is 106 cm³/mol. The molecule has 3 nitrogen and oxygen atoms in total. The van der Waals surface area contributed by atoms with Gasteiger partial charge >= 0.3 is 5.97 Å². The number of hydrogen-bond acceptors (Lipinski definition) is 3. The summed E-state index contributed by atoms with van der Waals surface area (Å²) in [4.78, 5) is 11.8. The molecule has 2 aromatic carbocycles. The lowest BCUT2D eigenvalue weighted by Gasteiger charge is -2.17. The summed E-state index contributed by atoms with van der Waals surface area (Å²) in [5.74, 6) is -0.141. The fraction of sp³-hybridized carbons (Fsp3) is 0.190. The summed E-state index contributed by atoms with van der Waals surface area (Å²) in [6.45, 7) is 5.50. The van der Waals surface area contributed by atoms with E-state index in [9.17, 15) is 9.90 Å². The number of phenols is 1. The van der Waals surface area contributed by atoms with E-state index < -0.39 is 5.60 Å². The molecule has 0 bridgehead atoms. The smallest absolute Gasteiger partial charge is 0.331 e. The average Bonchev–Trinajstić information content (AvgIpc) is 2.50. The first-order chi connectivity index (χ1) is 11.7. The van der Waals surface area contributed by atoms with Crippen LogP contribution in [-0.2, 0) is 9.53 Å². The molecule has 0 aliphatic heterocycles. The van der Waals surface area contributed by atoms with Gasteiger partial charge in [0.2, 0.25) is 0 Å². The fourth-order valence-corrected chi connectivity index (χ4v) is 2.67. The van der Waals surface area contributed by atoms with Crippen LogP contribution in [0.2, 0.25) is 0 Å². The van der Waals surface area contributed by atoms with Crippen LogP contribution >= 0.6 is 15.9 Å². The van der Waals surface area contributed by atoms with Crippen LogP contribution in [0.15, 0.2) is 53.0 Å². The number of para-hydroxylation sites is 1. The second kappa shape index (κ2) is 8.17. The SMILES string of the molecule is CC(C)(C)OC(=O)/C=C/c1cc(Br)cc(/C=C/c2ccccc2O)c1. The van der Waals surface area contributed by atoms with Gasteiger partial charge in [-0.05, 0) is 62.2 Å². The lowest BCUT2D eigenvalue weighted by atomic mass is 10.1. The molecule has 0 aliphatic rings. The number of carbonyl (C=O) groups is 1. The molecule has 0 heterocycles. The number of ether oxygens (including phenoxy) is 1. The molecule has 2 rings (SSSR count). The normalized spacial score (nSPS) is 12.0. The van der Waals surface area contributed by atoms with Crippen molar-refractivity contribution in [3.63, 3.8) is 0 Å². The van der Waals surface area contributed by atoms with E-state index in [0.29, 0.717) is 0 Å². The monoisotopic (exact) mass is 400 g/mol. The van der Waals surface area contributed by atoms with Gasteiger partial charge in [-0.15, -0.1) is 0 Å². The molecule has 0 aliphatic carbocycles. The van der Waals surface area contributed by atoms with Crippen LogP contribution in [0.3, 0.4) is 0 Å². The molecular weight excluding hydrogens is 380 g/mol. The summed E-state index contributed by atoms with van der Waals surface area (Å²) < 4.78 is 6.16. The maximum atomic E-state index is 11.8. The summed E-state index contributed by atoms with van der Waals surface area (Å²) in [7, 11) is 0.